The van der Waals surface area contributed by atoms with E-state index >= 15 is 0 Å². The summed E-state index contributed by atoms with van der Waals surface area (Å²) in [6.45, 7) is 0.893. The van der Waals surface area contributed by atoms with Gasteiger partial charge in [0.15, 0.2) is 0 Å². The Hall–Kier alpha value is -3.33. The maximum Gasteiger partial charge on any atom is 0.341 e. The van der Waals surface area contributed by atoms with E-state index in [9.17, 15) is 10.1 Å². The summed E-state index contributed by atoms with van der Waals surface area (Å²) in [4.78, 5) is 12.3. The Bertz CT molecular complexity index is 1060. The lowest BCUT2D eigenvalue weighted by Crippen LogP contribution is -2.14. The first kappa shape index (κ1) is 17.1. The Morgan fingerprint density at radius 3 is 2.93 bits per heavy atom. The molecule has 0 saturated heterocycles. The van der Waals surface area contributed by atoms with Gasteiger partial charge in [-0.2, -0.15) is 10.4 Å². The Kier molecular flexibility index (Phi) is 4.51. The van der Waals surface area contributed by atoms with E-state index in [4.69, 9.17) is 9.47 Å². The van der Waals surface area contributed by atoms with Gasteiger partial charge in [-0.3, -0.25) is 4.68 Å². The normalized spacial score (nSPS) is 13.0. The number of carbonyl (C=O) groups is 1. The molecule has 3 aromatic rings. The average molecular weight is 361 g/mol. The van der Waals surface area contributed by atoms with Crippen molar-refractivity contribution >= 4 is 16.7 Å². The van der Waals surface area contributed by atoms with Crippen molar-refractivity contribution in [3.8, 4) is 11.8 Å². The van der Waals surface area contributed by atoms with Crippen molar-refractivity contribution in [2.75, 3.05) is 7.11 Å². The smallest absolute Gasteiger partial charge is 0.341 e. The minimum atomic E-state index is -0.393. The highest BCUT2D eigenvalue weighted by molar-refractivity contribution is 5.92. The van der Waals surface area contributed by atoms with Crippen molar-refractivity contribution in [3.05, 3.63) is 58.9 Å². The highest BCUT2D eigenvalue weighted by atomic mass is 16.5. The maximum atomic E-state index is 12.3. The third-order valence-corrected chi connectivity index (χ3v) is 4.91. The van der Waals surface area contributed by atoms with Crippen molar-refractivity contribution in [1.82, 2.24) is 9.78 Å². The fraction of sp³-hybridized carbons (Fsp3) is 0.286. The third-order valence-electron chi connectivity index (χ3n) is 4.91. The van der Waals surface area contributed by atoms with Gasteiger partial charge in [0.2, 0.25) is 0 Å². The number of hydrogen-bond donors (Lipinski definition) is 0. The van der Waals surface area contributed by atoms with Crippen molar-refractivity contribution in [2.45, 2.75) is 32.4 Å². The number of aromatic nitrogens is 2. The van der Waals surface area contributed by atoms with Crippen molar-refractivity contribution in [3.63, 3.8) is 0 Å². The summed E-state index contributed by atoms with van der Waals surface area (Å²) in [7, 11) is 1.37. The van der Waals surface area contributed by atoms with Crippen molar-refractivity contribution in [2.24, 2.45) is 0 Å². The number of ether oxygens (including phenoxy) is 2. The van der Waals surface area contributed by atoms with E-state index < -0.39 is 5.97 Å². The van der Waals surface area contributed by atoms with E-state index in [0.29, 0.717) is 22.6 Å². The van der Waals surface area contributed by atoms with Crippen LogP contribution in [-0.4, -0.2) is 22.9 Å². The maximum absolute atomic E-state index is 12.3. The van der Waals surface area contributed by atoms with Crippen LogP contribution in [0.25, 0.3) is 10.8 Å². The van der Waals surface area contributed by atoms with Crippen LogP contribution in [-0.2, 0) is 24.3 Å². The molecule has 2 aromatic carbocycles. The topological polar surface area (TPSA) is 77.1 Å². The van der Waals surface area contributed by atoms with Crippen molar-refractivity contribution in [1.29, 1.82) is 5.26 Å². The molecule has 0 fully saturated rings. The molecule has 0 unspecified atom stereocenters. The summed E-state index contributed by atoms with van der Waals surface area (Å²) in [6, 6.07) is 13.6. The van der Waals surface area contributed by atoms with Crippen LogP contribution < -0.4 is 4.74 Å². The fourth-order valence-corrected chi connectivity index (χ4v) is 3.61. The molecule has 6 nitrogen and oxygen atoms in total. The van der Waals surface area contributed by atoms with Crippen LogP contribution in [0.1, 0.15) is 40.2 Å². The zero-order chi connectivity index (χ0) is 18.8. The Morgan fingerprint density at radius 2 is 2.11 bits per heavy atom. The van der Waals surface area contributed by atoms with Crippen LogP contribution in [0.3, 0.4) is 0 Å². The van der Waals surface area contributed by atoms with Crippen LogP contribution in [0.5, 0.6) is 5.75 Å². The number of esters is 1. The second-order valence-electron chi connectivity index (χ2n) is 6.50. The summed E-state index contributed by atoms with van der Waals surface area (Å²) in [5.41, 5.74) is 2.41. The molecule has 6 heteroatoms. The Labute approximate surface area is 156 Å². The monoisotopic (exact) mass is 361 g/mol. The average Bonchev–Trinajstić information content (AvgIpc) is 3.09. The minimum Gasteiger partial charge on any atom is -0.485 e. The minimum absolute atomic E-state index is 0.104. The van der Waals surface area contributed by atoms with Gasteiger partial charge in [-0.25, -0.2) is 4.79 Å². The van der Waals surface area contributed by atoms with E-state index in [0.717, 1.165) is 42.3 Å². The second kappa shape index (κ2) is 7.12. The van der Waals surface area contributed by atoms with Crippen LogP contribution in [0.15, 0.2) is 36.4 Å². The molecule has 0 saturated carbocycles. The summed E-state index contributed by atoms with van der Waals surface area (Å²) in [6.07, 6.45) is 2.87. The lowest BCUT2D eigenvalue weighted by atomic mass is 10.0. The van der Waals surface area contributed by atoms with Gasteiger partial charge in [-0.15, -0.1) is 0 Å². The lowest BCUT2D eigenvalue weighted by molar-refractivity contribution is 0.0596. The number of carbonyl (C=O) groups excluding carboxylic acids is 1. The standard InChI is InChI=1S/C21H19N3O3/c1-26-21(25)19-17(23-24-11-5-4-8-18(19)24)13-27-20-15(12-22)10-9-14-6-2-3-7-16(14)20/h2-3,6-7,9-10H,4-5,8,11,13H2,1H3. The summed E-state index contributed by atoms with van der Waals surface area (Å²) in [5, 5.41) is 15.9. The molecule has 4 rings (SSSR count). The SMILES string of the molecule is COC(=O)c1c(COc2c(C#N)ccc3ccccc23)nn2c1CCCC2. The predicted octanol–water partition coefficient (Wildman–Crippen LogP) is 3.61. The molecule has 27 heavy (non-hydrogen) atoms. The van der Waals surface area contributed by atoms with Gasteiger partial charge in [-0.1, -0.05) is 30.3 Å². The van der Waals surface area contributed by atoms with Gasteiger partial charge in [-0.05, 0) is 30.7 Å². The Balaban J connectivity index is 1.73. The number of fused-ring (bicyclic) bond motifs is 2. The quantitative estimate of drug-likeness (QED) is 0.664. The second-order valence-corrected chi connectivity index (χ2v) is 6.50. The van der Waals surface area contributed by atoms with E-state index in [1.807, 2.05) is 35.0 Å². The number of hydrogen-bond acceptors (Lipinski definition) is 5. The molecule has 0 aliphatic carbocycles. The van der Waals surface area contributed by atoms with Crippen LogP contribution in [0.4, 0.5) is 0 Å². The molecule has 0 radical (unpaired) electrons. The molecule has 0 atom stereocenters. The van der Waals surface area contributed by atoms with Gasteiger partial charge in [0, 0.05) is 11.9 Å². The number of benzene rings is 2. The largest absolute Gasteiger partial charge is 0.485 e. The highest BCUT2D eigenvalue weighted by Gasteiger charge is 2.26. The lowest BCUT2D eigenvalue weighted by Gasteiger charge is -2.13. The molecule has 2 heterocycles. The highest BCUT2D eigenvalue weighted by Crippen LogP contribution is 2.31. The fourth-order valence-electron chi connectivity index (χ4n) is 3.61. The molecule has 1 aliphatic rings. The number of nitriles is 1. The zero-order valence-electron chi connectivity index (χ0n) is 15.1. The number of aryl methyl sites for hydroxylation is 1. The van der Waals surface area contributed by atoms with Gasteiger partial charge < -0.3 is 9.47 Å². The number of methoxy groups -OCH3 is 1. The molecule has 0 amide bonds. The van der Waals surface area contributed by atoms with Gasteiger partial charge in [0.1, 0.15) is 29.7 Å². The van der Waals surface area contributed by atoms with E-state index in [1.54, 1.807) is 6.07 Å². The van der Waals surface area contributed by atoms with E-state index in [2.05, 4.69) is 11.2 Å². The zero-order valence-corrected chi connectivity index (χ0v) is 15.1. The number of nitrogens with zero attached hydrogens (tertiary/aromatic N) is 3. The van der Waals surface area contributed by atoms with Crippen molar-refractivity contribution < 1.29 is 14.3 Å². The van der Waals surface area contributed by atoms with Gasteiger partial charge in [0.05, 0.1) is 18.4 Å². The first-order valence-corrected chi connectivity index (χ1v) is 8.94. The van der Waals surface area contributed by atoms with Gasteiger partial charge >= 0.3 is 5.97 Å². The van der Waals surface area contributed by atoms with E-state index in [-0.39, 0.29) is 6.61 Å². The number of rotatable bonds is 4. The van der Waals surface area contributed by atoms with Gasteiger partial charge in [0.25, 0.3) is 0 Å². The first-order valence-electron chi connectivity index (χ1n) is 8.94. The molecule has 0 N–H and O–H groups in total. The summed E-state index contributed by atoms with van der Waals surface area (Å²) >= 11 is 0. The van der Waals surface area contributed by atoms with Crippen LogP contribution >= 0.6 is 0 Å². The summed E-state index contributed by atoms with van der Waals surface area (Å²) < 4.78 is 12.9. The van der Waals surface area contributed by atoms with Crippen LogP contribution in [0.2, 0.25) is 0 Å². The van der Waals surface area contributed by atoms with Crippen LogP contribution in [0, 0.1) is 11.3 Å². The van der Waals surface area contributed by atoms with E-state index in [1.165, 1.54) is 7.11 Å². The molecular formula is C21H19N3O3. The molecule has 1 aromatic heterocycles. The molecule has 136 valence electrons. The third kappa shape index (κ3) is 3.02. The first-order chi connectivity index (χ1) is 13.2. The molecule has 0 bridgehead atoms. The molecule has 1 aliphatic heterocycles. The molecule has 0 spiro atoms. The Morgan fingerprint density at radius 1 is 1.26 bits per heavy atom. The predicted molar refractivity (Wildman–Crippen MR) is 99.5 cm³/mol. The molecular weight excluding hydrogens is 342 g/mol. The summed E-state index contributed by atoms with van der Waals surface area (Å²) in [5.74, 6) is 0.118.